The van der Waals surface area contributed by atoms with E-state index in [1.807, 2.05) is 31.2 Å². The first-order valence-corrected chi connectivity index (χ1v) is 7.62. The number of nitrogens with two attached hydrogens (primary N) is 1. The van der Waals surface area contributed by atoms with Crippen LogP contribution in [0.5, 0.6) is 0 Å². The minimum Gasteiger partial charge on any atom is -0.370 e. The van der Waals surface area contributed by atoms with E-state index in [0.29, 0.717) is 19.0 Å². The zero-order valence-corrected chi connectivity index (χ0v) is 13.1. The molecular weight excluding hydrogens is 276 g/mol. The number of hydrogen-bond donors (Lipinski definition) is 3. The molecule has 2 rings (SSSR count). The van der Waals surface area contributed by atoms with E-state index in [2.05, 4.69) is 22.2 Å². The molecule has 1 aliphatic carbocycles. The molecule has 0 aromatic heterocycles. The molecule has 0 bridgehead atoms. The molecule has 22 heavy (non-hydrogen) atoms. The molecular formula is C17H24N4O. The Morgan fingerprint density at radius 2 is 2.23 bits per heavy atom. The fourth-order valence-electron chi connectivity index (χ4n) is 2.14. The summed E-state index contributed by atoms with van der Waals surface area (Å²) >= 11 is 0. The summed E-state index contributed by atoms with van der Waals surface area (Å²) in [5.41, 5.74) is 8.60. The fourth-order valence-corrected chi connectivity index (χ4v) is 2.14. The second-order valence-electron chi connectivity index (χ2n) is 5.83. The van der Waals surface area contributed by atoms with Crippen LogP contribution >= 0.6 is 0 Å². The molecule has 118 valence electrons. The minimum atomic E-state index is 0.120. The third kappa shape index (κ3) is 4.91. The van der Waals surface area contributed by atoms with Crippen LogP contribution in [0.25, 0.3) is 0 Å². The van der Waals surface area contributed by atoms with Gasteiger partial charge in [0.15, 0.2) is 5.96 Å². The van der Waals surface area contributed by atoms with Crippen molar-refractivity contribution in [2.75, 3.05) is 11.9 Å². The molecule has 1 aromatic carbocycles. The van der Waals surface area contributed by atoms with Crippen molar-refractivity contribution in [3.05, 3.63) is 42.0 Å². The number of anilines is 1. The maximum atomic E-state index is 11.9. The van der Waals surface area contributed by atoms with Gasteiger partial charge in [0, 0.05) is 18.2 Å². The topological polar surface area (TPSA) is 79.5 Å². The highest BCUT2D eigenvalue weighted by Crippen LogP contribution is 2.27. The second-order valence-corrected chi connectivity index (χ2v) is 5.83. The third-order valence-electron chi connectivity index (χ3n) is 3.67. The summed E-state index contributed by atoms with van der Waals surface area (Å²) in [6.45, 7) is 6.81. The number of hydrogen-bond acceptors (Lipinski definition) is 2. The monoisotopic (exact) mass is 300 g/mol. The van der Waals surface area contributed by atoms with Crippen molar-refractivity contribution < 1.29 is 4.79 Å². The SMILES string of the molecule is C=C(C)CNC(N)=NCc1cccc(NC(=O)C2CCC2)c1. The number of guanidine groups is 1. The standard InChI is InChI=1S/C17H24N4O/c1-12(2)10-19-17(18)20-11-13-5-3-8-15(9-13)21-16(22)14-6-4-7-14/h3,5,8-9,14H,1,4,6-7,10-11H2,2H3,(H,21,22)(H3,18,19,20). The van der Waals surface area contributed by atoms with E-state index in [0.717, 1.165) is 36.1 Å². The average molecular weight is 300 g/mol. The lowest BCUT2D eigenvalue weighted by Crippen LogP contribution is -2.32. The molecule has 0 saturated heterocycles. The van der Waals surface area contributed by atoms with E-state index in [-0.39, 0.29) is 11.8 Å². The van der Waals surface area contributed by atoms with Crippen molar-refractivity contribution in [1.82, 2.24) is 5.32 Å². The van der Waals surface area contributed by atoms with Crippen LogP contribution in [-0.2, 0) is 11.3 Å². The summed E-state index contributed by atoms with van der Waals surface area (Å²) in [5.74, 6) is 0.699. The van der Waals surface area contributed by atoms with Gasteiger partial charge in [-0.05, 0) is 37.5 Å². The Labute approximate surface area is 131 Å². The number of carbonyl (C=O) groups is 1. The van der Waals surface area contributed by atoms with Gasteiger partial charge < -0.3 is 16.4 Å². The predicted molar refractivity (Wildman–Crippen MR) is 90.6 cm³/mol. The number of nitrogens with zero attached hydrogens (tertiary/aromatic N) is 1. The van der Waals surface area contributed by atoms with Crippen LogP contribution in [0.1, 0.15) is 31.7 Å². The molecule has 0 aliphatic heterocycles. The molecule has 1 saturated carbocycles. The van der Waals surface area contributed by atoms with Gasteiger partial charge in [0.25, 0.3) is 0 Å². The lowest BCUT2D eigenvalue weighted by molar-refractivity contribution is -0.122. The first kappa shape index (κ1) is 16.1. The summed E-state index contributed by atoms with van der Waals surface area (Å²) < 4.78 is 0. The predicted octanol–water partition coefficient (Wildman–Crippen LogP) is 2.41. The van der Waals surface area contributed by atoms with Crippen LogP contribution in [0, 0.1) is 5.92 Å². The van der Waals surface area contributed by atoms with E-state index in [1.54, 1.807) is 0 Å². The molecule has 0 unspecified atom stereocenters. The van der Waals surface area contributed by atoms with Crippen LogP contribution in [0.2, 0.25) is 0 Å². The maximum absolute atomic E-state index is 11.9. The van der Waals surface area contributed by atoms with Crippen molar-refractivity contribution in [1.29, 1.82) is 0 Å². The largest absolute Gasteiger partial charge is 0.370 e. The van der Waals surface area contributed by atoms with E-state index >= 15 is 0 Å². The van der Waals surface area contributed by atoms with Gasteiger partial charge >= 0.3 is 0 Å². The summed E-state index contributed by atoms with van der Waals surface area (Å²) in [5, 5.41) is 5.95. The molecule has 1 aliphatic rings. The van der Waals surface area contributed by atoms with Gasteiger partial charge in [0.2, 0.25) is 5.91 Å². The number of carbonyl (C=O) groups excluding carboxylic acids is 1. The van der Waals surface area contributed by atoms with E-state index in [4.69, 9.17) is 5.73 Å². The molecule has 4 N–H and O–H groups in total. The Morgan fingerprint density at radius 1 is 1.45 bits per heavy atom. The van der Waals surface area contributed by atoms with Crippen LogP contribution in [-0.4, -0.2) is 18.4 Å². The quantitative estimate of drug-likeness (QED) is 0.429. The third-order valence-corrected chi connectivity index (χ3v) is 3.67. The molecule has 5 nitrogen and oxygen atoms in total. The normalized spacial score (nSPS) is 15.0. The number of amides is 1. The molecule has 0 spiro atoms. The van der Waals surface area contributed by atoms with Crippen molar-refractivity contribution in [3.63, 3.8) is 0 Å². The average Bonchev–Trinajstić information content (AvgIpc) is 2.41. The van der Waals surface area contributed by atoms with Gasteiger partial charge in [-0.2, -0.15) is 0 Å². The van der Waals surface area contributed by atoms with Gasteiger partial charge in [-0.25, -0.2) is 4.99 Å². The lowest BCUT2D eigenvalue weighted by atomic mass is 9.85. The van der Waals surface area contributed by atoms with Gasteiger partial charge in [0.1, 0.15) is 0 Å². The summed E-state index contributed by atoms with van der Waals surface area (Å²) in [6, 6.07) is 7.71. The summed E-state index contributed by atoms with van der Waals surface area (Å²) in [4.78, 5) is 16.2. The second kappa shape index (κ2) is 7.64. The minimum absolute atomic E-state index is 0.120. The molecule has 5 heteroatoms. The highest BCUT2D eigenvalue weighted by atomic mass is 16.1. The van der Waals surface area contributed by atoms with E-state index < -0.39 is 0 Å². The smallest absolute Gasteiger partial charge is 0.227 e. The number of benzene rings is 1. The lowest BCUT2D eigenvalue weighted by Gasteiger charge is -2.24. The molecule has 1 fully saturated rings. The van der Waals surface area contributed by atoms with Crippen LogP contribution in [0.15, 0.2) is 41.4 Å². The highest BCUT2D eigenvalue weighted by Gasteiger charge is 2.25. The molecule has 0 heterocycles. The van der Waals surface area contributed by atoms with Crippen LogP contribution in [0.4, 0.5) is 5.69 Å². The summed E-state index contributed by atoms with van der Waals surface area (Å²) in [7, 11) is 0. The number of nitrogens with one attached hydrogen (secondary N) is 2. The zero-order chi connectivity index (χ0) is 15.9. The Balaban J connectivity index is 1.89. The van der Waals surface area contributed by atoms with Crippen molar-refractivity contribution in [2.45, 2.75) is 32.7 Å². The van der Waals surface area contributed by atoms with Gasteiger partial charge in [-0.15, -0.1) is 0 Å². The number of rotatable bonds is 6. The molecule has 0 atom stereocenters. The Bertz CT molecular complexity index is 576. The number of aliphatic imine (C=N–C) groups is 1. The van der Waals surface area contributed by atoms with Crippen LogP contribution in [0.3, 0.4) is 0 Å². The van der Waals surface area contributed by atoms with Crippen molar-refractivity contribution in [3.8, 4) is 0 Å². The summed E-state index contributed by atoms with van der Waals surface area (Å²) in [6.07, 6.45) is 3.16. The van der Waals surface area contributed by atoms with E-state index in [9.17, 15) is 4.79 Å². The first-order chi connectivity index (χ1) is 10.5. The van der Waals surface area contributed by atoms with Crippen molar-refractivity contribution in [2.24, 2.45) is 16.6 Å². The molecule has 1 amide bonds. The Kier molecular flexibility index (Phi) is 5.58. The van der Waals surface area contributed by atoms with Gasteiger partial charge in [-0.1, -0.05) is 30.7 Å². The molecule has 1 aromatic rings. The van der Waals surface area contributed by atoms with E-state index in [1.165, 1.54) is 0 Å². The highest BCUT2D eigenvalue weighted by molar-refractivity contribution is 5.93. The molecule has 0 radical (unpaired) electrons. The Morgan fingerprint density at radius 3 is 2.86 bits per heavy atom. The first-order valence-electron chi connectivity index (χ1n) is 7.62. The Hall–Kier alpha value is -2.30. The maximum Gasteiger partial charge on any atom is 0.227 e. The fraction of sp³-hybridized carbons (Fsp3) is 0.412. The van der Waals surface area contributed by atoms with Crippen LogP contribution < -0.4 is 16.4 Å². The van der Waals surface area contributed by atoms with Gasteiger partial charge in [0.05, 0.1) is 6.54 Å². The van der Waals surface area contributed by atoms with Gasteiger partial charge in [-0.3, -0.25) is 4.79 Å². The van der Waals surface area contributed by atoms with Crippen molar-refractivity contribution >= 4 is 17.6 Å². The zero-order valence-electron chi connectivity index (χ0n) is 13.1.